The van der Waals surface area contributed by atoms with Gasteiger partial charge in [-0.3, -0.25) is 4.99 Å². The van der Waals surface area contributed by atoms with Crippen LogP contribution in [0.25, 0.3) is 0 Å². The van der Waals surface area contributed by atoms with Gasteiger partial charge in [0.15, 0.2) is 0 Å². The van der Waals surface area contributed by atoms with E-state index in [0.717, 1.165) is 38.2 Å². The van der Waals surface area contributed by atoms with Crippen molar-refractivity contribution in [1.29, 1.82) is 0 Å². The first-order valence-corrected chi connectivity index (χ1v) is 4.92. The number of nitrogens with one attached hydrogen (secondary N) is 1. The molecule has 0 heterocycles. The lowest BCUT2D eigenvalue weighted by molar-refractivity contribution is 0.141. The molecule has 0 aromatic heterocycles. The van der Waals surface area contributed by atoms with Crippen molar-refractivity contribution in [2.24, 2.45) is 10.8 Å². The first kappa shape index (κ1) is 12.4. The first-order chi connectivity index (χ1) is 6.35. The van der Waals surface area contributed by atoms with Gasteiger partial charge < -0.3 is 10.2 Å². The molecule has 0 aromatic rings. The molecule has 0 unspecified atom stereocenters. The lowest BCUT2D eigenvalue weighted by atomic mass is 10.4. The van der Waals surface area contributed by atoms with Crippen LogP contribution in [0.5, 0.6) is 0 Å². The molecular formula is C9H21N3O. The number of aliphatic imine (C=N–C) groups is 1. The number of nitrogens with zero attached hydrogens (tertiary/aromatic N) is 1. The van der Waals surface area contributed by atoms with Crippen molar-refractivity contribution in [3.05, 3.63) is 0 Å². The van der Waals surface area contributed by atoms with E-state index in [0.29, 0.717) is 6.61 Å². The van der Waals surface area contributed by atoms with Crippen molar-refractivity contribution < 1.29 is 4.74 Å². The Kier molecular flexibility index (Phi) is 9.03. The molecular weight excluding hydrogens is 166 g/mol. The third-order valence-corrected chi connectivity index (χ3v) is 1.52. The van der Waals surface area contributed by atoms with Crippen LogP contribution in [0, 0.1) is 0 Å². The SMILES string of the molecule is CCCN=C(CCOCCC)NN. The summed E-state index contributed by atoms with van der Waals surface area (Å²) in [6.07, 6.45) is 2.87. The largest absolute Gasteiger partial charge is 0.381 e. The summed E-state index contributed by atoms with van der Waals surface area (Å²) in [6, 6.07) is 0. The van der Waals surface area contributed by atoms with Crippen molar-refractivity contribution >= 4 is 5.84 Å². The third kappa shape index (κ3) is 7.74. The van der Waals surface area contributed by atoms with Gasteiger partial charge in [-0.1, -0.05) is 13.8 Å². The van der Waals surface area contributed by atoms with Crippen molar-refractivity contribution in [3.8, 4) is 0 Å². The fourth-order valence-electron chi connectivity index (χ4n) is 0.859. The maximum atomic E-state index is 5.32. The number of ether oxygens (including phenoxy) is 1. The Morgan fingerprint density at radius 3 is 2.62 bits per heavy atom. The maximum Gasteiger partial charge on any atom is 0.113 e. The number of hydrogen-bond donors (Lipinski definition) is 2. The van der Waals surface area contributed by atoms with Gasteiger partial charge in [0.1, 0.15) is 5.84 Å². The molecule has 0 bridgehead atoms. The van der Waals surface area contributed by atoms with E-state index < -0.39 is 0 Å². The zero-order valence-corrected chi connectivity index (χ0v) is 8.68. The molecule has 0 aromatic carbocycles. The molecule has 4 heteroatoms. The van der Waals surface area contributed by atoms with E-state index in [1.807, 2.05) is 0 Å². The van der Waals surface area contributed by atoms with Crippen molar-refractivity contribution in [3.63, 3.8) is 0 Å². The first-order valence-electron chi connectivity index (χ1n) is 4.92. The van der Waals surface area contributed by atoms with Crippen LogP contribution in [0.1, 0.15) is 33.1 Å². The highest BCUT2D eigenvalue weighted by atomic mass is 16.5. The van der Waals surface area contributed by atoms with Crippen LogP contribution in [0.15, 0.2) is 4.99 Å². The second-order valence-electron chi connectivity index (χ2n) is 2.84. The lowest BCUT2D eigenvalue weighted by Gasteiger charge is -2.05. The molecule has 13 heavy (non-hydrogen) atoms. The minimum absolute atomic E-state index is 0.695. The summed E-state index contributed by atoms with van der Waals surface area (Å²) in [5.74, 6) is 6.12. The van der Waals surface area contributed by atoms with Crippen LogP contribution in [-0.2, 0) is 4.74 Å². The van der Waals surface area contributed by atoms with Crippen LogP contribution in [0.3, 0.4) is 0 Å². The quantitative estimate of drug-likeness (QED) is 0.206. The summed E-state index contributed by atoms with van der Waals surface area (Å²) in [7, 11) is 0. The number of hydrogen-bond acceptors (Lipinski definition) is 3. The van der Waals surface area contributed by atoms with E-state index in [-0.39, 0.29) is 0 Å². The molecule has 0 aliphatic heterocycles. The van der Waals surface area contributed by atoms with E-state index in [1.165, 1.54) is 0 Å². The number of rotatable bonds is 7. The molecule has 0 spiro atoms. The highest BCUT2D eigenvalue weighted by Crippen LogP contribution is 1.88. The van der Waals surface area contributed by atoms with Gasteiger partial charge >= 0.3 is 0 Å². The van der Waals surface area contributed by atoms with E-state index in [1.54, 1.807) is 0 Å². The standard InChI is InChI=1S/C9H21N3O/c1-3-6-11-9(12-10)5-8-13-7-4-2/h3-8,10H2,1-2H3,(H,11,12). The monoisotopic (exact) mass is 187 g/mol. The highest BCUT2D eigenvalue weighted by molar-refractivity contribution is 5.81. The van der Waals surface area contributed by atoms with Crippen molar-refractivity contribution in [2.75, 3.05) is 19.8 Å². The maximum absolute atomic E-state index is 5.32. The zero-order chi connectivity index (χ0) is 9.94. The molecule has 0 amide bonds. The lowest BCUT2D eigenvalue weighted by Crippen LogP contribution is -2.31. The van der Waals surface area contributed by atoms with E-state index in [2.05, 4.69) is 24.3 Å². The number of hydrazine groups is 1. The Bertz CT molecular complexity index is 137. The van der Waals surface area contributed by atoms with Gasteiger partial charge in [-0.05, 0) is 12.8 Å². The second-order valence-corrected chi connectivity index (χ2v) is 2.84. The predicted octanol–water partition coefficient (Wildman–Crippen LogP) is 1.07. The molecule has 3 N–H and O–H groups in total. The highest BCUT2D eigenvalue weighted by Gasteiger charge is 1.95. The molecule has 0 aliphatic rings. The Balaban J connectivity index is 3.47. The Morgan fingerprint density at radius 2 is 2.08 bits per heavy atom. The summed E-state index contributed by atoms with van der Waals surface area (Å²) in [5.41, 5.74) is 2.58. The molecule has 78 valence electrons. The minimum atomic E-state index is 0.695. The van der Waals surface area contributed by atoms with Crippen LogP contribution >= 0.6 is 0 Å². The van der Waals surface area contributed by atoms with Gasteiger partial charge in [0, 0.05) is 19.6 Å². The van der Waals surface area contributed by atoms with Crippen LogP contribution < -0.4 is 11.3 Å². The normalized spacial score (nSPS) is 11.8. The van der Waals surface area contributed by atoms with E-state index >= 15 is 0 Å². The molecule has 0 fully saturated rings. The topological polar surface area (TPSA) is 59.6 Å². The molecule has 0 aliphatic carbocycles. The second kappa shape index (κ2) is 9.48. The van der Waals surface area contributed by atoms with Gasteiger partial charge in [-0.15, -0.1) is 0 Å². The van der Waals surface area contributed by atoms with Gasteiger partial charge in [0.05, 0.1) is 6.61 Å². The van der Waals surface area contributed by atoms with Crippen molar-refractivity contribution in [2.45, 2.75) is 33.1 Å². The Labute approximate surface area is 80.5 Å². The third-order valence-electron chi connectivity index (χ3n) is 1.52. The van der Waals surface area contributed by atoms with Crippen LogP contribution in [0.4, 0.5) is 0 Å². The fraction of sp³-hybridized carbons (Fsp3) is 0.889. The molecule has 0 atom stereocenters. The number of nitrogens with two attached hydrogens (primary N) is 1. The van der Waals surface area contributed by atoms with Gasteiger partial charge in [0.25, 0.3) is 0 Å². The van der Waals surface area contributed by atoms with E-state index in [4.69, 9.17) is 10.6 Å². The van der Waals surface area contributed by atoms with Gasteiger partial charge in [0.2, 0.25) is 0 Å². The summed E-state index contributed by atoms with van der Waals surface area (Å²) >= 11 is 0. The summed E-state index contributed by atoms with van der Waals surface area (Å²) in [5, 5.41) is 0. The molecule has 0 saturated carbocycles. The number of amidine groups is 1. The van der Waals surface area contributed by atoms with Gasteiger partial charge in [-0.2, -0.15) is 0 Å². The summed E-state index contributed by atoms with van der Waals surface area (Å²) in [6.45, 7) is 6.51. The average Bonchev–Trinajstić information content (AvgIpc) is 2.17. The van der Waals surface area contributed by atoms with E-state index in [9.17, 15) is 0 Å². The Hall–Kier alpha value is -0.610. The van der Waals surface area contributed by atoms with Crippen LogP contribution in [-0.4, -0.2) is 25.6 Å². The Morgan fingerprint density at radius 1 is 1.31 bits per heavy atom. The molecule has 0 radical (unpaired) electrons. The summed E-state index contributed by atoms with van der Waals surface area (Å²) < 4.78 is 5.32. The smallest absolute Gasteiger partial charge is 0.113 e. The zero-order valence-electron chi connectivity index (χ0n) is 8.68. The molecule has 4 nitrogen and oxygen atoms in total. The van der Waals surface area contributed by atoms with Crippen molar-refractivity contribution in [1.82, 2.24) is 5.43 Å². The van der Waals surface area contributed by atoms with Gasteiger partial charge in [-0.25, -0.2) is 5.84 Å². The van der Waals surface area contributed by atoms with Crippen LogP contribution in [0.2, 0.25) is 0 Å². The average molecular weight is 187 g/mol. The minimum Gasteiger partial charge on any atom is -0.381 e. The molecule has 0 rings (SSSR count). The molecule has 0 saturated heterocycles. The predicted molar refractivity (Wildman–Crippen MR) is 55.6 cm³/mol. The summed E-state index contributed by atoms with van der Waals surface area (Å²) in [4.78, 5) is 4.26. The fourth-order valence-corrected chi connectivity index (χ4v) is 0.859.